The van der Waals surface area contributed by atoms with Gasteiger partial charge in [-0.3, -0.25) is 4.99 Å². The summed E-state index contributed by atoms with van der Waals surface area (Å²) in [6.45, 7) is 8.13. The molecule has 26 heavy (non-hydrogen) atoms. The Morgan fingerprint density at radius 3 is 2.42 bits per heavy atom. The van der Waals surface area contributed by atoms with Crippen molar-refractivity contribution in [3.05, 3.63) is 0 Å². The summed E-state index contributed by atoms with van der Waals surface area (Å²) in [7, 11) is 4.18. The zero-order valence-corrected chi connectivity index (χ0v) is 19.6. The Morgan fingerprint density at radius 2 is 1.81 bits per heavy atom. The number of nitrogens with zero attached hydrogens (tertiary/aromatic N) is 3. The summed E-state index contributed by atoms with van der Waals surface area (Å²) in [6.07, 6.45) is 12.0. The van der Waals surface area contributed by atoms with Crippen molar-refractivity contribution in [1.29, 1.82) is 0 Å². The fraction of sp³-hybridized carbons (Fsp3) is 0.950. The largest absolute Gasteiger partial charge is 0.356 e. The molecule has 1 saturated carbocycles. The predicted octanol–water partition coefficient (Wildman–Crippen LogP) is 3.30. The molecule has 5 nitrogen and oxygen atoms in total. The highest BCUT2D eigenvalue weighted by atomic mass is 127. The SMILES string of the molecule is CCCN1CCC(NC(=NC)NCCCN(C)C2CCCCC2)CC1.I. The lowest BCUT2D eigenvalue weighted by Crippen LogP contribution is -2.49. The molecule has 0 aromatic rings. The van der Waals surface area contributed by atoms with Crippen molar-refractivity contribution >= 4 is 29.9 Å². The van der Waals surface area contributed by atoms with E-state index in [4.69, 9.17) is 0 Å². The number of nitrogens with one attached hydrogen (secondary N) is 2. The van der Waals surface area contributed by atoms with Crippen molar-refractivity contribution in [2.75, 3.05) is 46.8 Å². The minimum atomic E-state index is 0. The molecule has 0 spiro atoms. The summed E-state index contributed by atoms with van der Waals surface area (Å²) >= 11 is 0. The second-order valence-corrected chi connectivity index (χ2v) is 7.89. The highest BCUT2D eigenvalue weighted by Gasteiger charge is 2.19. The van der Waals surface area contributed by atoms with Gasteiger partial charge in [-0.2, -0.15) is 0 Å². The van der Waals surface area contributed by atoms with E-state index in [1.165, 1.54) is 84.0 Å². The molecule has 0 aromatic heterocycles. The van der Waals surface area contributed by atoms with Crippen LogP contribution < -0.4 is 10.6 Å². The van der Waals surface area contributed by atoms with Crippen LogP contribution in [0.15, 0.2) is 4.99 Å². The monoisotopic (exact) mass is 479 g/mol. The van der Waals surface area contributed by atoms with Gasteiger partial charge in [0, 0.05) is 38.8 Å². The smallest absolute Gasteiger partial charge is 0.191 e. The van der Waals surface area contributed by atoms with E-state index < -0.39 is 0 Å². The predicted molar refractivity (Wildman–Crippen MR) is 124 cm³/mol. The highest BCUT2D eigenvalue weighted by molar-refractivity contribution is 14.0. The van der Waals surface area contributed by atoms with E-state index in [9.17, 15) is 0 Å². The lowest BCUT2D eigenvalue weighted by molar-refractivity contribution is 0.190. The average Bonchev–Trinajstić information content (AvgIpc) is 2.66. The van der Waals surface area contributed by atoms with Crippen molar-refractivity contribution in [3.63, 3.8) is 0 Å². The molecule has 0 unspecified atom stereocenters. The molecular formula is C20H42IN5. The minimum absolute atomic E-state index is 0. The van der Waals surface area contributed by atoms with Crippen LogP contribution in [-0.2, 0) is 0 Å². The number of halogens is 1. The van der Waals surface area contributed by atoms with Crippen LogP contribution in [0.5, 0.6) is 0 Å². The van der Waals surface area contributed by atoms with Gasteiger partial charge in [-0.05, 0) is 58.7 Å². The molecule has 2 fully saturated rings. The van der Waals surface area contributed by atoms with E-state index in [2.05, 4.69) is 39.4 Å². The summed E-state index contributed by atoms with van der Waals surface area (Å²) in [6, 6.07) is 1.39. The first-order chi connectivity index (χ1) is 12.2. The summed E-state index contributed by atoms with van der Waals surface area (Å²) in [5.41, 5.74) is 0. The summed E-state index contributed by atoms with van der Waals surface area (Å²) < 4.78 is 0. The van der Waals surface area contributed by atoms with Crippen LogP contribution in [0.25, 0.3) is 0 Å². The number of rotatable bonds is 8. The molecule has 1 aliphatic heterocycles. The van der Waals surface area contributed by atoms with Gasteiger partial charge in [-0.15, -0.1) is 24.0 Å². The summed E-state index contributed by atoms with van der Waals surface area (Å²) in [5, 5.41) is 7.13. The van der Waals surface area contributed by atoms with Gasteiger partial charge < -0.3 is 20.4 Å². The topological polar surface area (TPSA) is 42.9 Å². The molecule has 154 valence electrons. The van der Waals surface area contributed by atoms with Crippen LogP contribution in [0, 0.1) is 0 Å². The average molecular weight is 479 g/mol. The van der Waals surface area contributed by atoms with E-state index >= 15 is 0 Å². The van der Waals surface area contributed by atoms with Crippen LogP contribution in [0.2, 0.25) is 0 Å². The Balaban J connectivity index is 0.00000338. The van der Waals surface area contributed by atoms with Crippen LogP contribution in [-0.4, -0.2) is 74.7 Å². The van der Waals surface area contributed by atoms with Crippen LogP contribution in [0.4, 0.5) is 0 Å². The lowest BCUT2D eigenvalue weighted by atomic mass is 9.94. The van der Waals surface area contributed by atoms with E-state index in [0.29, 0.717) is 6.04 Å². The molecule has 2 N–H and O–H groups in total. The van der Waals surface area contributed by atoms with Gasteiger partial charge >= 0.3 is 0 Å². The first-order valence-corrected chi connectivity index (χ1v) is 10.6. The number of aliphatic imine (C=N–C) groups is 1. The minimum Gasteiger partial charge on any atom is -0.356 e. The Labute approximate surface area is 178 Å². The standard InChI is InChI=1S/C20H41N5.HI/c1-4-14-25-16-11-18(12-17-25)23-20(21-2)22-13-8-15-24(3)19-9-6-5-7-10-19;/h18-19H,4-17H2,1-3H3,(H2,21,22,23);1H. The van der Waals surface area contributed by atoms with Crippen LogP contribution in [0.1, 0.15) is 64.7 Å². The van der Waals surface area contributed by atoms with E-state index in [1.54, 1.807) is 0 Å². The number of hydrogen-bond acceptors (Lipinski definition) is 3. The van der Waals surface area contributed by atoms with Gasteiger partial charge in [0.1, 0.15) is 0 Å². The second-order valence-electron chi connectivity index (χ2n) is 7.89. The molecule has 2 rings (SSSR count). The molecule has 1 aliphatic carbocycles. The normalized spacial score (nSPS) is 20.8. The third-order valence-corrected chi connectivity index (χ3v) is 5.87. The Kier molecular flexibility index (Phi) is 12.9. The van der Waals surface area contributed by atoms with Gasteiger partial charge in [0.25, 0.3) is 0 Å². The molecule has 1 saturated heterocycles. The van der Waals surface area contributed by atoms with Gasteiger partial charge in [0.15, 0.2) is 5.96 Å². The maximum Gasteiger partial charge on any atom is 0.191 e. The molecular weight excluding hydrogens is 437 g/mol. The van der Waals surface area contributed by atoms with Gasteiger partial charge in [0.2, 0.25) is 0 Å². The molecule has 0 amide bonds. The van der Waals surface area contributed by atoms with Crippen LogP contribution >= 0.6 is 24.0 Å². The Hall–Kier alpha value is -0.0800. The Morgan fingerprint density at radius 1 is 1.12 bits per heavy atom. The van der Waals surface area contributed by atoms with E-state index in [0.717, 1.165) is 18.5 Å². The van der Waals surface area contributed by atoms with E-state index in [1.807, 2.05) is 7.05 Å². The first-order valence-electron chi connectivity index (χ1n) is 10.6. The molecule has 0 aromatic carbocycles. The van der Waals surface area contributed by atoms with Crippen molar-refractivity contribution in [2.45, 2.75) is 76.8 Å². The molecule has 2 aliphatic rings. The number of guanidine groups is 1. The van der Waals surface area contributed by atoms with Crippen molar-refractivity contribution in [2.24, 2.45) is 4.99 Å². The quantitative estimate of drug-likeness (QED) is 0.243. The fourth-order valence-electron chi connectivity index (χ4n) is 4.24. The third-order valence-electron chi connectivity index (χ3n) is 5.87. The first kappa shape index (κ1) is 24.0. The second kappa shape index (κ2) is 14.0. The molecule has 0 atom stereocenters. The molecule has 1 heterocycles. The molecule has 6 heteroatoms. The summed E-state index contributed by atoms with van der Waals surface area (Å²) in [4.78, 5) is 9.56. The van der Waals surface area contributed by atoms with Crippen molar-refractivity contribution in [3.8, 4) is 0 Å². The number of hydrogen-bond donors (Lipinski definition) is 2. The van der Waals surface area contributed by atoms with Crippen molar-refractivity contribution in [1.82, 2.24) is 20.4 Å². The highest BCUT2D eigenvalue weighted by Crippen LogP contribution is 2.21. The fourth-order valence-corrected chi connectivity index (χ4v) is 4.24. The molecule has 0 radical (unpaired) electrons. The van der Waals surface area contributed by atoms with Crippen molar-refractivity contribution < 1.29 is 0 Å². The van der Waals surface area contributed by atoms with Crippen LogP contribution in [0.3, 0.4) is 0 Å². The number of piperidine rings is 1. The zero-order valence-electron chi connectivity index (χ0n) is 17.3. The maximum absolute atomic E-state index is 4.41. The Bertz CT molecular complexity index is 376. The zero-order chi connectivity index (χ0) is 17.9. The van der Waals surface area contributed by atoms with Gasteiger partial charge in [-0.25, -0.2) is 0 Å². The maximum atomic E-state index is 4.41. The third kappa shape index (κ3) is 8.74. The van der Waals surface area contributed by atoms with Gasteiger partial charge in [0.05, 0.1) is 0 Å². The summed E-state index contributed by atoms with van der Waals surface area (Å²) in [5.74, 6) is 0.981. The van der Waals surface area contributed by atoms with Gasteiger partial charge in [-0.1, -0.05) is 26.2 Å². The lowest BCUT2D eigenvalue weighted by Gasteiger charge is -2.33. The molecule has 0 bridgehead atoms. The number of likely N-dealkylation sites (tertiary alicyclic amines) is 1. The van der Waals surface area contributed by atoms with E-state index in [-0.39, 0.29) is 24.0 Å².